The van der Waals surface area contributed by atoms with Crippen molar-refractivity contribution < 1.29 is 24.2 Å². The van der Waals surface area contributed by atoms with Crippen molar-refractivity contribution in [3.05, 3.63) is 77.6 Å². The number of carboxylic acids is 1. The summed E-state index contributed by atoms with van der Waals surface area (Å²) >= 11 is 0. The maximum absolute atomic E-state index is 12.8. The third-order valence-electron chi connectivity index (χ3n) is 2.99. The van der Waals surface area contributed by atoms with Gasteiger partial charge < -0.3 is 14.8 Å². The van der Waals surface area contributed by atoms with E-state index < -0.39 is 17.5 Å². The lowest BCUT2D eigenvalue weighted by molar-refractivity contribution is -0.135. The van der Waals surface area contributed by atoms with Crippen molar-refractivity contribution in [3.8, 4) is 0 Å². The molecule has 2 aromatic rings. The fraction of sp³-hybridized carbons (Fsp3) is 0.0588. The summed E-state index contributed by atoms with van der Waals surface area (Å²) in [4.78, 5) is 21.8. The first-order valence-corrected chi connectivity index (χ1v) is 6.70. The zero-order valence-electron chi connectivity index (χ0n) is 12.0. The maximum Gasteiger partial charge on any atom is 0.371 e. The number of carbonyl (C=O) groups excluding carboxylic acids is 1. The summed E-state index contributed by atoms with van der Waals surface area (Å²) < 4.78 is 14.7. The molecule has 23 heavy (non-hydrogen) atoms. The summed E-state index contributed by atoms with van der Waals surface area (Å²) in [5.41, 5.74) is 1.67. The average Bonchev–Trinajstić information content (AvgIpc) is 2.95. The Hall–Kier alpha value is -3.15. The van der Waals surface area contributed by atoms with Gasteiger partial charge in [-0.25, -0.2) is 9.18 Å². The lowest BCUT2D eigenvalue weighted by Gasteiger charge is -2.02. The number of hydrogen-bond donors (Lipinski definition) is 2. The fourth-order valence-electron chi connectivity index (χ4n) is 1.88. The van der Waals surface area contributed by atoms with E-state index in [-0.39, 0.29) is 5.82 Å². The minimum absolute atomic E-state index is 0.291. The largest absolute Gasteiger partial charge is 0.502 e. The number of aliphatic carboxylic acids is 1. The lowest BCUT2D eigenvalue weighted by atomic mass is 10.2. The minimum Gasteiger partial charge on any atom is -0.502 e. The number of hydrogen-bond acceptors (Lipinski definition) is 3. The van der Waals surface area contributed by atoms with Crippen LogP contribution in [0, 0.1) is 5.82 Å². The lowest BCUT2D eigenvalue weighted by Crippen LogP contribution is -2.01. The molecule has 1 heterocycles. The molecule has 0 bridgehead atoms. The molecule has 1 aromatic heterocycles. The molecule has 0 saturated heterocycles. The molecule has 2 N–H and O–H groups in total. The number of aromatic nitrogens is 1. The van der Waals surface area contributed by atoms with Crippen LogP contribution in [0.2, 0.25) is 0 Å². The van der Waals surface area contributed by atoms with E-state index in [4.69, 9.17) is 10.2 Å². The van der Waals surface area contributed by atoms with Gasteiger partial charge in [0.1, 0.15) is 5.82 Å². The molecule has 5 nitrogen and oxygen atoms in total. The zero-order chi connectivity index (χ0) is 16.8. The first-order chi connectivity index (χ1) is 10.9. The number of aliphatic hydroxyl groups excluding tert-OH is 1. The molecule has 0 aliphatic heterocycles. The normalized spacial score (nSPS) is 11.8. The van der Waals surface area contributed by atoms with Gasteiger partial charge in [-0.15, -0.1) is 0 Å². The van der Waals surface area contributed by atoms with Crippen LogP contribution in [0.15, 0.2) is 60.6 Å². The quantitative estimate of drug-likeness (QED) is 0.634. The molecule has 0 aliphatic rings. The first-order valence-electron chi connectivity index (χ1n) is 6.70. The maximum atomic E-state index is 12.8. The highest BCUT2D eigenvalue weighted by molar-refractivity contribution is 6.05. The minimum atomic E-state index is -1.56. The van der Waals surface area contributed by atoms with Gasteiger partial charge in [0.15, 0.2) is 5.78 Å². The number of allylic oxidation sites excluding steroid dienone is 2. The highest BCUT2D eigenvalue weighted by Crippen LogP contribution is 2.09. The fourth-order valence-corrected chi connectivity index (χ4v) is 1.88. The summed E-state index contributed by atoms with van der Waals surface area (Å²) in [6, 6.07) is 7.93. The molecule has 2 rings (SSSR count). The van der Waals surface area contributed by atoms with Crippen LogP contribution in [-0.2, 0) is 16.1 Å². The van der Waals surface area contributed by atoms with Crippen LogP contribution in [0.5, 0.6) is 0 Å². The molecule has 0 radical (unpaired) electrons. The number of carboxylic acid groups (broad SMARTS) is 1. The van der Waals surface area contributed by atoms with Crippen LogP contribution in [0.4, 0.5) is 4.39 Å². The predicted octanol–water partition coefficient (Wildman–Crippen LogP) is 2.78. The number of halogens is 1. The van der Waals surface area contributed by atoms with Crippen molar-refractivity contribution >= 4 is 17.8 Å². The van der Waals surface area contributed by atoms with E-state index in [9.17, 15) is 14.0 Å². The second-order valence-electron chi connectivity index (χ2n) is 4.81. The summed E-state index contributed by atoms with van der Waals surface area (Å²) in [6.07, 6.45) is 6.90. The van der Waals surface area contributed by atoms with Crippen LogP contribution in [0.3, 0.4) is 0 Å². The molecule has 1 aromatic carbocycles. The van der Waals surface area contributed by atoms with Gasteiger partial charge in [-0.05, 0) is 41.5 Å². The highest BCUT2D eigenvalue weighted by Gasteiger charge is 2.05. The number of ketones is 1. The summed E-state index contributed by atoms with van der Waals surface area (Å²) in [6.45, 7) is 0.557. The zero-order valence-corrected chi connectivity index (χ0v) is 12.0. The SMILES string of the molecule is O=C(/C=C(\O)C(=O)O)/C=C/c1ccn(Cc2ccc(F)cc2)c1. The third kappa shape index (κ3) is 4.96. The Kier molecular flexibility index (Phi) is 5.09. The molecule has 0 aliphatic carbocycles. The Labute approximate surface area is 131 Å². The molecule has 0 spiro atoms. The summed E-state index contributed by atoms with van der Waals surface area (Å²) in [5, 5.41) is 17.4. The molecule has 0 amide bonds. The molecule has 0 unspecified atom stereocenters. The van der Waals surface area contributed by atoms with Crippen LogP contribution in [0.25, 0.3) is 6.08 Å². The topological polar surface area (TPSA) is 79.5 Å². The summed E-state index contributed by atoms with van der Waals surface area (Å²) in [5.74, 6) is -3.48. The smallest absolute Gasteiger partial charge is 0.371 e. The van der Waals surface area contributed by atoms with Crippen molar-refractivity contribution in [1.82, 2.24) is 4.57 Å². The Morgan fingerprint density at radius 1 is 1.13 bits per heavy atom. The number of carbonyl (C=O) groups is 2. The van der Waals surface area contributed by atoms with E-state index >= 15 is 0 Å². The molecule has 0 fully saturated rings. The van der Waals surface area contributed by atoms with E-state index in [1.807, 2.05) is 4.57 Å². The van der Waals surface area contributed by atoms with Gasteiger partial charge in [0, 0.05) is 25.0 Å². The molecular weight excluding hydrogens is 301 g/mol. The molecule has 6 heteroatoms. The van der Waals surface area contributed by atoms with Crippen molar-refractivity contribution in [1.29, 1.82) is 0 Å². The third-order valence-corrected chi connectivity index (χ3v) is 2.99. The van der Waals surface area contributed by atoms with E-state index in [2.05, 4.69) is 0 Å². The monoisotopic (exact) mass is 315 g/mol. The van der Waals surface area contributed by atoms with E-state index in [0.717, 1.165) is 17.2 Å². The van der Waals surface area contributed by atoms with Crippen LogP contribution in [-0.4, -0.2) is 26.5 Å². The second-order valence-corrected chi connectivity index (χ2v) is 4.81. The van der Waals surface area contributed by atoms with Gasteiger partial charge in [0.2, 0.25) is 5.76 Å². The molecule has 118 valence electrons. The molecule has 0 saturated carbocycles. The van der Waals surface area contributed by atoms with Gasteiger partial charge in [0.05, 0.1) is 0 Å². The molecule has 0 atom stereocenters. The summed E-state index contributed by atoms with van der Waals surface area (Å²) in [7, 11) is 0. The van der Waals surface area contributed by atoms with E-state index in [1.165, 1.54) is 18.2 Å². The van der Waals surface area contributed by atoms with Gasteiger partial charge in [-0.3, -0.25) is 4.79 Å². The Morgan fingerprint density at radius 2 is 1.83 bits per heavy atom. The van der Waals surface area contributed by atoms with Gasteiger partial charge in [-0.1, -0.05) is 12.1 Å². The number of benzene rings is 1. The van der Waals surface area contributed by atoms with Crippen molar-refractivity contribution in [3.63, 3.8) is 0 Å². The Bertz CT molecular complexity index is 772. The van der Waals surface area contributed by atoms with Gasteiger partial charge in [0.25, 0.3) is 0 Å². The highest BCUT2D eigenvalue weighted by atomic mass is 19.1. The predicted molar refractivity (Wildman–Crippen MR) is 82.3 cm³/mol. The Balaban J connectivity index is 2.00. The van der Waals surface area contributed by atoms with Crippen LogP contribution in [0.1, 0.15) is 11.1 Å². The second kappa shape index (κ2) is 7.22. The number of rotatable bonds is 6. The number of aliphatic hydroxyl groups is 1. The van der Waals surface area contributed by atoms with Gasteiger partial charge >= 0.3 is 5.97 Å². The van der Waals surface area contributed by atoms with Crippen molar-refractivity contribution in [2.24, 2.45) is 0 Å². The van der Waals surface area contributed by atoms with Crippen LogP contribution < -0.4 is 0 Å². The number of nitrogens with zero attached hydrogens (tertiary/aromatic N) is 1. The molecular formula is C17H14FNO4. The average molecular weight is 315 g/mol. The van der Waals surface area contributed by atoms with Gasteiger partial charge in [-0.2, -0.15) is 0 Å². The standard InChI is InChI=1S/C17H14FNO4/c18-14-4-1-12(2-5-14)10-19-8-7-13(11-19)3-6-15(20)9-16(21)17(22)23/h1-9,11,21H,10H2,(H,22,23)/b6-3+,16-9-. The van der Waals surface area contributed by atoms with Crippen molar-refractivity contribution in [2.45, 2.75) is 6.54 Å². The van der Waals surface area contributed by atoms with E-state index in [0.29, 0.717) is 12.6 Å². The van der Waals surface area contributed by atoms with Crippen molar-refractivity contribution in [2.75, 3.05) is 0 Å². The Morgan fingerprint density at radius 3 is 2.48 bits per heavy atom. The van der Waals surface area contributed by atoms with E-state index in [1.54, 1.807) is 30.6 Å². The van der Waals surface area contributed by atoms with Crippen LogP contribution >= 0.6 is 0 Å². The first kappa shape index (κ1) is 16.2.